The van der Waals surface area contributed by atoms with Gasteiger partial charge in [0.2, 0.25) is 0 Å². The van der Waals surface area contributed by atoms with Crippen molar-refractivity contribution in [1.29, 1.82) is 0 Å². The van der Waals surface area contributed by atoms with Crippen molar-refractivity contribution in [2.45, 2.75) is 32.4 Å². The van der Waals surface area contributed by atoms with Crippen LogP contribution in [0.2, 0.25) is 0 Å². The molecule has 90 valence electrons. The largest absolute Gasteiger partial charge is 0.444 e. The van der Waals surface area contributed by atoms with Crippen LogP contribution in [0.5, 0.6) is 0 Å². The minimum absolute atomic E-state index is 0.208. The molecule has 0 bridgehead atoms. The summed E-state index contributed by atoms with van der Waals surface area (Å²) >= 11 is 0. The van der Waals surface area contributed by atoms with E-state index in [2.05, 4.69) is 5.10 Å². The lowest BCUT2D eigenvalue weighted by Crippen LogP contribution is -2.52. The molecular weight excluding hydrogens is 217 g/mol. The van der Waals surface area contributed by atoms with Crippen molar-refractivity contribution in [3.8, 4) is 0 Å². The minimum atomic E-state index is -0.446. The summed E-state index contributed by atoms with van der Waals surface area (Å²) in [6, 6.07) is 0.208. The monoisotopic (exact) mass is 233 g/mol. The fourth-order valence-electron chi connectivity index (χ4n) is 1.65. The van der Waals surface area contributed by atoms with Gasteiger partial charge in [0.15, 0.2) is 0 Å². The van der Waals surface area contributed by atoms with Gasteiger partial charge in [-0.15, -0.1) is 0 Å². The first kappa shape index (κ1) is 12.0. The molecule has 1 saturated heterocycles. The lowest BCUT2D eigenvalue weighted by atomic mass is 10.0. The molecule has 0 atom stereocenters. The molecule has 1 aliphatic heterocycles. The molecule has 1 aromatic rings. The summed E-state index contributed by atoms with van der Waals surface area (Å²) in [5.74, 6) is 0. The first-order chi connectivity index (χ1) is 7.85. The van der Waals surface area contributed by atoms with Crippen LogP contribution in [0.25, 0.3) is 0 Å². The molecule has 0 N–H and O–H groups in total. The SMILES string of the molecule is [B]c1cnn(C2CN(C(=O)OC(C)(C)C)C2)c1. The number of aromatic nitrogens is 2. The van der Waals surface area contributed by atoms with E-state index in [9.17, 15) is 4.79 Å². The van der Waals surface area contributed by atoms with E-state index >= 15 is 0 Å². The van der Waals surface area contributed by atoms with E-state index in [1.807, 2.05) is 20.8 Å². The van der Waals surface area contributed by atoms with Crippen LogP contribution in [-0.4, -0.2) is 47.3 Å². The Morgan fingerprint density at radius 3 is 2.65 bits per heavy atom. The molecule has 2 heterocycles. The van der Waals surface area contributed by atoms with E-state index in [1.54, 1.807) is 22.0 Å². The molecule has 1 amide bonds. The van der Waals surface area contributed by atoms with Gasteiger partial charge in [0.25, 0.3) is 0 Å². The summed E-state index contributed by atoms with van der Waals surface area (Å²) < 4.78 is 7.05. The first-order valence-corrected chi connectivity index (χ1v) is 5.63. The third kappa shape index (κ3) is 2.81. The highest BCUT2D eigenvalue weighted by Crippen LogP contribution is 2.22. The average molecular weight is 233 g/mol. The van der Waals surface area contributed by atoms with E-state index < -0.39 is 5.60 Å². The molecular formula is C11H16BN3O2. The zero-order valence-electron chi connectivity index (χ0n) is 10.4. The highest BCUT2D eigenvalue weighted by atomic mass is 16.6. The number of ether oxygens (including phenoxy) is 1. The Hall–Kier alpha value is -1.46. The topological polar surface area (TPSA) is 47.4 Å². The standard InChI is InChI=1S/C11H16BN3O2/c1-11(2,3)17-10(16)14-6-9(7-14)15-5-8(12)4-13-15/h4-5,9H,6-7H2,1-3H3. The van der Waals surface area contributed by atoms with Gasteiger partial charge in [0.05, 0.1) is 6.04 Å². The van der Waals surface area contributed by atoms with Gasteiger partial charge >= 0.3 is 6.09 Å². The Kier molecular flexibility index (Phi) is 2.89. The van der Waals surface area contributed by atoms with Crippen molar-refractivity contribution in [2.24, 2.45) is 0 Å². The van der Waals surface area contributed by atoms with Gasteiger partial charge in [-0.25, -0.2) is 4.79 Å². The highest BCUT2D eigenvalue weighted by molar-refractivity contribution is 6.31. The predicted molar refractivity (Wildman–Crippen MR) is 64.5 cm³/mol. The number of nitrogens with zero attached hydrogens (tertiary/aromatic N) is 3. The number of carbonyl (C=O) groups excluding carboxylic acids is 1. The first-order valence-electron chi connectivity index (χ1n) is 5.63. The predicted octanol–water partition coefficient (Wildman–Crippen LogP) is 0.469. The van der Waals surface area contributed by atoms with Crippen molar-refractivity contribution >= 4 is 19.4 Å². The Morgan fingerprint density at radius 2 is 2.18 bits per heavy atom. The number of rotatable bonds is 1. The fraction of sp³-hybridized carbons (Fsp3) is 0.636. The van der Waals surface area contributed by atoms with E-state index in [1.165, 1.54) is 0 Å². The Balaban J connectivity index is 1.85. The third-order valence-electron chi connectivity index (χ3n) is 2.51. The van der Waals surface area contributed by atoms with Crippen LogP contribution in [0.4, 0.5) is 4.79 Å². The van der Waals surface area contributed by atoms with Crippen LogP contribution in [0, 0.1) is 0 Å². The van der Waals surface area contributed by atoms with Crippen molar-refractivity contribution in [3.05, 3.63) is 12.4 Å². The summed E-state index contributed by atoms with van der Waals surface area (Å²) in [5.41, 5.74) is 0.193. The van der Waals surface area contributed by atoms with Crippen LogP contribution in [0.3, 0.4) is 0 Å². The molecule has 17 heavy (non-hydrogen) atoms. The zero-order chi connectivity index (χ0) is 12.6. The van der Waals surface area contributed by atoms with Gasteiger partial charge in [0.1, 0.15) is 13.4 Å². The Bertz CT molecular complexity index is 419. The molecule has 0 saturated carbocycles. The van der Waals surface area contributed by atoms with Crippen LogP contribution in [-0.2, 0) is 4.74 Å². The molecule has 5 nitrogen and oxygen atoms in total. The number of amides is 1. The molecule has 0 aliphatic carbocycles. The number of carbonyl (C=O) groups is 1. The lowest BCUT2D eigenvalue weighted by Gasteiger charge is -2.39. The van der Waals surface area contributed by atoms with Crippen LogP contribution in [0.1, 0.15) is 26.8 Å². The van der Waals surface area contributed by atoms with E-state index in [4.69, 9.17) is 12.6 Å². The van der Waals surface area contributed by atoms with Crippen LogP contribution < -0.4 is 5.46 Å². The normalized spacial score (nSPS) is 16.8. The highest BCUT2D eigenvalue weighted by Gasteiger charge is 2.34. The van der Waals surface area contributed by atoms with Gasteiger partial charge in [-0.3, -0.25) is 4.68 Å². The zero-order valence-corrected chi connectivity index (χ0v) is 10.4. The maximum atomic E-state index is 11.7. The van der Waals surface area contributed by atoms with E-state index in [0.29, 0.717) is 18.6 Å². The quantitative estimate of drug-likeness (QED) is 0.662. The maximum Gasteiger partial charge on any atom is 0.410 e. The van der Waals surface area contributed by atoms with Gasteiger partial charge in [-0.05, 0) is 20.8 Å². The molecule has 1 aliphatic rings. The lowest BCUT2D eigenvalue weighted by molar-refractivity contribution is -0.000374. The molecule has 0 aromatic carbocycles. The molecule has 0 spiro atoms. The Morgan fingerprint density at radius 1 is 1.53 bits per heavy atom. The number of hydrogen-bond acceptors (Lipinski definition) is 3. The van der Waals surface area contributed by atoms with Crippen molar-refractivity contribution in [1.82, 2.24) is 14.7 Å². The Labute approximate surface area is 102 Å². The maximum absolute atomic E-state index is 11.7. The average Bonchev–Trinajstić information content (AvgIpc) is 2.45. The van der Waals surface area contributed by atoms with Crippen LogP contribution >= 0.6 is 0 Å². The van der Waals surface area contributed by atoms with E-state index in [0.717, 1.165) is 0 Å². The second kappa shape index (κ2) is 4.09. The summed E-state index contributed by atoms with van der Waals surface area (Å²) in [7, 11) is 5.58. The van der Waals surface area contributed by atoms with Crippen molar-refractivity contribution in [3.63, 3.8) is 0 Å². The third-order valence-corrected chi connectivity index (χ3v) is 2.51. The minimum Gasteiger partial charge on any atom is -0.444 e. The van der Waals surface area contributed by atoms with Gasteiger partial charge < -0.3 is 9.64 Å². The van der Waals surface area contributed by atoms with Crippen molar-refractivity contribution in [2.75, 3.05) is 13.1 Å². The molecule has 2 rings (SSSR count). The summed E-state index contributed by atoms with van der Waals surface area (Å²) in [6.45, 7) is 6.81. The van der Waals surface area contributed by atoms with E-state index in [-0.39, 0.29) is 12.1 Å². The second-order valence-corrected chi connectivity index (χ2v) is 5.29. The van der Waals surface area contributed by atoms with Gasteiger partial charge in [0, 0.05) is 25.5 Å². The smallest absolute Gasteiger partial charge is 0.410 e. The molecule has 6 heteroatoms. The van der Waals surface area contributed by atoms with Crippen LogP contribution in [0.15, 0.2) is 12.4 Å². The number of hydrogen-bond donors (Lipinski definition) is 0. The second-order valence-electron chi connectivity index (χ2n) is 5.29. The molecule has 1 aromatic heterocycles. The number of likely N-dealkylation sites (tertiary alicyclic amines) is 1. The molecule has 1 fully saturated rings. The fourth-order valence-corrected chi connectivity index (χ4v) is 1.65. The molecule has 0 unspecified atom stereocenters. The molecule has 2 radical (unpaired) electrons. The summed E-state index contributed by atoms with van der Waals surface area (Å²) in [4.78, 5) is 13.3. The summed E-state index contributed by atoms with van der Waals surface area (Å²) in [6.07, 6.45) is 3.11. The van der Waals surface area contributed by atoms with Gasteiger partial charge in [-0.1, -0.05) is 5.46 Å². The van der Waals surface area contributed by atoms with Gasteiger partial charge in [-0.2, -0.15) is 5.10 Å². The summed E-state index contributed by atoms with van der Waals surface area (Å²) in [5, 5.41) is 4.12. The van der Waals surface area contributed by atoms with Crippen molar-refractivity contribution < 1.29 is 9.53 Å².